The molecule has 5 nitrogen and oxygen atoms in total. The third kappa shape index (κ3) is 3.44. The molecule has 0 saturated carbocycles. The standard InChI is InChI=1S/C23H20O5/c24-20-9-7-15(11-19(20)23(26)27)16-6-8-18-21(12-16)28-13-17(22(18)25)10-14-4-2-1-3-5-14/h1-9,11-12,17,22,24-25H,10,13H2,(H,26,27). The summed E-state index contributed by atoms with van der Waals surface area (Å²) < 4.78 is 5.92. The maximum absolute atomic E-state index is 11.2. The van der Waals surface area contributed by atoms with Crippen LogP contribution < -0.4 is 4.74 Å². The van der Waals surface area contributed by atoms with E-state index in [4.69, 9.17) is 4.74 Å². The molecular formula is C23H20O5. The first-order chi connectivity index (χ1) is 13.5. The summed E-state index contributed by atoms with van der Waals surface area (Å²) in [5.74, 6) is -0.898. The number of hydrogen-bond donors (Lipinski definition) is 3. The Kier molecular flexibility index (Phi) is 4.75. The molecule has 5 heteroatoms. The highest BCUT2D eigenvalue weighted by molar-refractivity contribution is 5.92. The van der Waals surface area contributed by atoms with E-state index < -0.39 is 12.1 Å². The summed E-state index contributed by atoms with van der Waals surface area (Å²) in [5.41, 5.74) is 3.14. The van der Waals surface area contributed by atoms with Crippen LogP contribution in [0.1, 0.15) is 27.6 Å². The first-order valence-electron chi connectivity index (χ1n) is 9.08. The van der Waals surface area contributed by atoms with E-state index in [0.29, 0.717) is 17.9 Å². The fourth-order valence-electron chi connectivity index (χ4n) is 3.60. The van der Waals surface area contributed by atoms with E-state index in [1.165, 1.54) is 12.1 Å². The van der Waals surface area contributed by atoms with Gasteiger partial charge < -0.3 is 20.1 Å². The van der Waals surface area contributed by atoms with Crippen LogP contribution >= 0.6 is 0 Å². The largest absolute Gasteiger partial charge is 0.507 e. The number of phenols is 1. The Labute approximate surface area is 162 Å². The molecule has 0 saturated heterocycles. The van der Waals surface area contributed by atoms with Gasteiger partial charge in [-0.2, -0.15) is 0 Å². The number of fused-ring (bicyclic) bond motifs is 1. The fraction of sp³-hybridized carbons (Fsp3) is 0.174. The quantitative estimate of drug-likeness (QED) is 0.640. The Morgan fingerprint density at radius 2 is 1.71 bits per heavy atom. The van der Waals surface area contributed by atoms with Gasteiger partial charge in [-0.1, -0.05) is 48.5 Å². The number of carboxylic acids is 1. The molecule has 3 aromatic rings. The normalized spacial score (nSPS) is 18.2. The highest BCUT2D eigenvalue weighted by atomic mass is 16.5. The topological polar surface area (TPSA) is 87.0 Å². The predicted octanol–water partition coefficient (Wildman–Crippen LogP) is 4.04. The average molecular weight is 376 g/mol. The second kappa shape index (κ2) is 7.37. The van der Waals surface area contributed by atoms with Gasteiger partial charge in [-0.15, -0.1) is 0 Å². The first-order valence-corrected chi connectivity index (χ1v) is 9.08. The number of rotatable bonds is 4. The number of ether oxygens (including phenoxy) is 1. The van der Waals surface area contributed by atoms with Crippen LogP contribution in [0.5, 0.6) is 11.5 Å². The third-order valence-electron chi connectivity index (χ3n) is 5.13. The number of benzene rings is 3. The molecule has 2 unspecified atom stereocenters. The van der Waals surface area contributed by atoms with Crippen molar-refractivity contribution in [3.05, 3.63) is 83.4 Å². The highest BCUT2D eigenvalue weighted by Crippen LogP contribution is 2.39. The van der Waals surface area contributed by atoms with Gasteiger partial charge in [0.15, 0.2) is 0 Å². The molecule has 4 rings (SSSR count). The molecule has 142 valence electrons. The minimum atomic E-state index is -1.19. The van der Waals surface area contributed by atoms with Gasteiger partial charge in [0.25, 0.3) is 0 Å². The van der Waals surface area contributed by atoms with Gasteiger partial charge in [-0.25, -0.2) is 4.79 Å². The molecule has 0 amide bonds. The maximum Gasteiger partial charge on any atom is 0.339 e. The van der Waals surface area contributed by atoms with Gasteiger partial charge in [-0.3, -0.25) is 0 Å². The molecule has 0 fully saturated rings. The Morgan fingerprint density at radius 1 is 1.00 bits per heavy atom. The van der Waals surface area contributed by atoms with Crippen molar-refractivity contribution in [2.75, 3.05) is 6.61 Å². The van der Waals surface area contributed by atoms with Crippen molar-refractivity contribution in [2.24, 2.45) is 5.92 Å². The van der Waals surface area contributed by atoms with Crippen molar-refractivity contribution in [1.82, 2.24) is 0 Å². The van der Waals surface area contributed by atoms with Crippen LogP contribution in [0, 0.1) is 5.92 Å². The number of aromatic hydroxyl groups is 1. The molecule has 0 aromatic heterocycles. The van der Waals surface area contributed by atoms with E-state index in [0.717, 1.165) is 23.1 Å². The van der Waals surface area contributed by atoms with Crippen molar-refractivity contribution in [3.63, 3.8) is 0 Å². The van der Waals surface area contributed by atoms with Crippen LogP contribution in [-0.4, -0.2) is 27.9 Å². The lowest BCUT2D eigenvalue weighted by atomic mass is 9.87. The molecule has 3 aromatic carbocycles. The smallest absolute Gasteiger partial charge is 0.339 e. The summed E-state index contributed by atoms with van der Waals surface area (Å²) in [6.07, 6.45) is 0.0933. The molecule has 1 heterocycles. The van der Waals surface area contributed by atoms with E-state index in [1.807, 2.05) is 42.5 Å². The average Bonchev–Trinajstić information content (AvgIpc) is 2.71. The molecule has 0 aliphatic carbocycles. The molecule has 1 aliphatic heterocycles. The fourth-order valence-corrected chi connectivity index (χ4v) is 3.60. The SMILES string of the molecule is O=C(O)c1cc(-c2ccc3c(c2)OCC(Cc2ccccc2)C3O)ccc1O. The van der Waals surface area contributed by atoms with Crippen LogP contribution in [0.25, 0.3) is 11.1 Å². The van der Waals surface area contributed by atoms with Crippen LogP contribution in [-0.2, 0) is 6.42 Å². The number of carboxylic acid groups (broad SMARTS) is 1. The van der Waals surface area contributed by atoms with E-state index in [1.54, 1.807) is 12.1 Å². The summed E-state index contributed by atoms with van der Waals surface area (Å²) in [4.78, 5) is 11.2. The van der Waals surface area contributed by atoms with Gasteiger partial charge in [0.05, 0.1) is 12.7 Å². The molecule has 28 heavy (non-hydrogen) atoms. The number of aliphatic hydroxyl groups is 1. The van der Waals surface area contributed by atoms with Crippen molar-refractivity contribution in [3.8, 4) is 22.6 Å². The Hall–Kier alpha value is -3.31. The van der Waals surface area contributed by atoms with E-state index in [2.05, 4.69) is 0 Å². The van der Waals surface area contributed by atoms with Gasteiger partial charge in [0, 0.05) is 11.5 Å². The van der Waals surface area contributed by atoms with Crippen molar-refractivity contribution < 1.29 is 24.9 Å². The third-order valence-corrected chi connectivity index (χ3v) is 5.13. The van der Waals surface area contributed by atoms with Gasteiger partial charge in [0.2, 0.25) is 0 Å². The summed E-state index contributed by atoms with van der Waals surface area (Å²) in [5, 5.41) is 29.7. The number of aromatic carboxylic acids is 1. The minimum Gasteiger partial charge on any atom is -0.507 e. The summed E-state index contributed by atoms with van der Waals surface area (Å²) >= 11 is 0. The van der Waals surface area contributed by atoms with Crippen LogP contribution in [0.4, 0.5) is 0 Å². The lowest BCUT2D eigenvalue weighted by Crippen LogP contribution is -2.27. The minimum absolute atomic E-state index is 0.0342. The van der Waals surface area contributed by atoms with Crippen LogP contribution in [0.3, 0.4) is 0 Å². The number of carbonyl (C=O) groups is 1. The predicted molar refractivity (Wildman–Crippen MR) is 105 cm³/mol. The summed E-state index contributed by atoms with van der Waals surface area (Å²) in [6, 6.07) is 19.9. The summed E-state index contributed by atoms with van der Waals surface area (Å²) in [7, 11) is 0. The monoisotopic (exact) mass is 376 g/mol. The summed E-state index contributed by atoms with van der Waals surface area (Å²) in [6.45, 7) is 0.405. The second-order valence-corrected chi connectivity index (χ2v) is 7.00. The lowest BCUT2D eigenvalue weighted by Gasteiger charge is -2.30. The Morgan fingerprint density at radius 3 is 2.46 bits per heavy atom. The molecule has 2 atom stereocenters. The zero-order valence-electron chi connectivity index (χ0n) is 15.1. The van der Waals surface area contributed by atoms with Crippen molar-refractivity contribution in [1.29, 1.82) is 0 Å². The zero-order chi connectivity index (χ0) is 19.7. The molecular weight excluding hydrogens is 356 g/mol. The van der Waals surface area contributed by atoms with Crippen LogP contribution in [0.2, 0.25) is 0 Å². The van der Waals surface area contributed by atoms with E-state index in [-0.39, 0.29) is 17.2 Å². The number of aliphatic hydroxyl groups excluding tert-OH is 1. The second-order valence-electron chi connectivity index (χ2n) is 7.00. The molecule has 0 radical (unpaired) electrons. The molecule has 1 aliphatic rings. The zero-order valence-corrected chi connectivity index (χ0v) is 15.1. The van der Waals surface area contributed by atoms with E-state index in [9.17, 15) is 20.1 Å². The van der Waals surface area contributed by atoms with Crippen LogP contribution in [0.15, 0.2) is 66.7 Å². The molecule has 0 spiro atoms. The maximum atomic E-state index is 11.2. The first kappa shape index (κ1) is 18.1. The van der Waals surface area contributed by atoms with Gasteiger partial charge in [0.1, 0.15) is 17.1 Å². The van der Waals surface area contributed by atoms with Crippen molar-refractivity contribution >= 4 is 5.97 Å². The van der Waals surface area contributed by atoms with Gasteiger partial charge >= 0.3 is 5.97 Å². The lowest BCUT2D eigenvalue weighted by molar-refractivity contribution is 0.0508. The van der Waals surface area contributed by atoms with Crippen molar-refractivity contribution in [2.45, 2.75) is 12.5 Å². The molecule has 0 bridgehead atoms. The molecule has 3 N–H and O–H groups in total. The Bertz CT molecular complexity index is 1010. The van der Waals surface area contributed by atoms with Gasteiger partial charge in [-0.05, 0) is 41.3 Å². The highest BCUT2D eigenvalue weighted by Gasteiger charge is 2.29. The Balaban J connectivity index is 1.60. The van der Waals surface area contributed by atoms with E-state index >= 15 is 0 Å². The number of hydrogen-bond acceptors (Lipinski definition) is 4.